The van der Waals surface area contributed by atoms with Gasteiger partial charge < -0.3 is 10.2 Å². The number of aromatic hydroxyl groups is 2. The van der Waals surface area contributed by atoms with E-state index in [1.165, 1.54) is 21.5 Å². The third-order valence-corrected chi connectivity index (χ3v) is 3.60. The van der Waals surface area contributed by atoms with Gasteiger partial charge >= 0.3 is 11.4 Å². The number of unbranched alkanes of at least 4 members (excludes halogenated alkanes) is 5. The van der Waals surface area contributed by atoms with E-state index in [0.29, 0.717) is 13.1 Å². The number of imidazole rings is 2. The molecular weight excluding hydrogens is 288 g/mol. The van der Waals surface area contributed by atoms with Crippen LogP contribution < -0.4 is 11.4 Å². The summed E-state index contributed by atoms with van der Waals surface area (Å²) in [6.07, 6.45) is 8.77. The van der Waals surface area contributed by atoms with Crippen LogP contribution in [0.15, 0.2) is 22.0 Å². The van der Waals surface area contributed by atoms with Gasteiger partial charge in [-0.25, -0.2) is 9.59 Å². The highest BCUT2D eigenvalue weighted by Gasteiger charge is 2.02. The third-order valence-electron chi connectivity index (χ3n) is 3.60. The maximum absolute atomic E-state index is 11.3. The molecule has 2 aromatic rings. The van der Waals surface area contributed by atoms with Gasteiger partial charge in [-0.15, -0.1) is 0 Å². The predicted molar refractivity (Wildman–Crippen MR) is 81.1 cm³/mol. The summed E-state index contributed by atoms with van der Waals surface area (Å²) in [5.74, 6) is -0.202. The Labute approximate surface area is 127 Å². The molecule has 2 rings (SSSR count). The normalized spacial score (nSPS) is 11.1. The third kappa shape index (κ3) is 4.57. The summed E-state index contributed by atoms with van der Waals surface area (Å²) in [5.41, 5.74) is -0.560. The largest absolute Gasteiger partial charge is 0.493 e. The van der Waals surface area contributed by atoms with Crippen molar-refractivity contribution >= 4 is 0 Å². The lowest BCUT2D eigenvalue weighted by atomic mass is 10.1. The minimum absolute atomic E-state index is 0.101. The van der Waals surface area contributed by atoms with Gasteiger partial charge in [0.1, 0.15) is 0 Å². The van der Waals surface area contributed by atoms with Gasteiger partial charge in [-0.05, 0) is 12.8 Å². The van der Waals surface area contributed by atoms with Crippen LogP contribution in [0.3, 0.4) is 0 Å². The van der Waals surface area contributed by atoms with Crippen molar-refractivity contribution in [1.29, 1.82) is 0 Å². The smallest absolute Gasteiger partial charge is 0.328 e. The van der Waals surface area contributed by atoms with Crippen LogP contribution >= 0.6 is 0 Å². The van der Waals surface area contributed by atoms with Crippen LogP contribution in [0.4, 0.5) is 0 Å². The van der Waals surface area contributed by atoms with Crippen molar-refractivity contribution in [3.05, 3.63) is 33.4 Å². The Morgan fingerprint density at radius 2 is 1.09 bits per heavy atom. The summed E-state index contributed by atoms with van der Waals surface area (Å²) in [6, 6.07) is 0. The monoisotopic (exact) mass is 310 g/mol. The summed E-state index contributed by atoms with van der Waals surface area (Å²) < 4.78 is 2.94. The Morgan fingerprint density at radius 3 is 1.41 bits per heavy atom. The molecule has 0 amide bonds. The molecule has 0 spiro atoms. The predicted octanol–water partition coefficient (Wildman–Crippen LogP) is 1.12. The lowest BCUT2D eigenvalue weighted by Crippen LogP contribution is -2.16. The summed E-state index contributed by atoms with van der Waals surface area (Å²) in [7, 11) is 0. The van der Waals surface area contributed by atoms with E-state index in [-0.39, 0.29) is 23.1 Å². The molecule has 0 aliphatic rings. The van der Waals surface area contributed by atoms with Crippen LogP contribution in [0, 0.1) is 0 Å². The molecule has 0 bridgehead atoms. The van der Waals surface area contributed by atoms with Crippen molar-refractivity contribution in [2.24, 2.45) is 0 Å². The summed E-state index contributed by atoms with van der Waals surface area (Å²) in [6.45, 7) is 1.21. The topological polar surface area (TPSA) is 116 Å². The first kappa shape index (κ1) is 16.0. The number of nitrogens with one attached hydrogen (secondary N) is 2. The van der Waals surface area contributed by atoms with Gasteiger partial charge in [-0.3, -0.25) is 19.1 Å². The summed E-state index contributed by atoms with van der Waals surface area (Å²) >= 11 is 0. The standard InChI is InChI=1S/C14H22N4O4/c19-11-9-17(13(21)15-11)7-5-3-1-2-4-6-8-18-10-12(20)16-14(18)22/h9-10,19-20H,1-8H2,(H,15,21)(H,16,22). The average molecular weight is 310 g/mol. The first-order chi connectivity index (χ1) is 10.6. The Balaban J connectivity index is 1.53. The second-order valence-electron chi connectivity index (χ2n) is 5.40. The number of hydrogen-bond acceptors (Lipinski definition) is 4. The summed E-state index contributed by atoms with van der Waals surface area (Å²) in [5, 5.41) is 18.3. The van der Waals surface area contributed by atoms with Crippen LogP contribution in [-0.4, -0.2) is 29.3 Å². The molecule has 0 aliphatic carbocycles. The molecular formula is C14H22N4O4. The molecule has 2 aromatic heterocycles. The Hall–Kier alpha value is -2.38. The molecule has 122 valence electrons. The lowest BCUT2D eigenvalue weighted by Gasteiger charge is -2.03. The van der Waals surface area contributed by atoms with E-state index in [9.17, 15) is 9.59 Å². The van der Waals surface area contributed by atoms with Crippen molar-refractivity contribution in [1.82, 2.24) is 19.1 Å². The zero-order chi connectivity index (χ0) is 15.9. The van der Waals surface area contributed by atoms with Gasteiger partial charge in [-0.2, -0.15) is 0 Å². The molecule has 2 heterocycles. The molecule has 0 aliphatic heterocycles. The van der Waals surface area contributed by atoms with E-state index >= 15 is 0 Å². The fraction of sp³-hybridized carbons (Fsp3) is 0.571. The van der Waals surface area contributed by atoms with E-state index in [2.05, 4.69) is 9.97 Å². The van der Waals surface area contributed by atoms with E-state index in [0.717, 1.165) is 38.5 Å². The SMILES string of the molecule is O=c1[nH]c(O)cn1CCCCCCCCn1cc(O)[nH]c1=O. The highest BCUT2D eigenvalue weighted by Crippen LogP contribution is 2.08. The van der Waals surface area contributed by atoms with Crippen molar-refractivity contribution in [3.63, 3.8) is 0 Å². The van der Waals surface area contributed by atoms with Crippen LogP contribution in [0.5, 0.6) is 11.8 Å². The van der Waals surface area contributed by atoms with Crippen molar-refractivity contribution < 1.29 is 10.2 Å². The molecule has 0 radical (unpaired) electrons. The molecule has 0 aromatic carbocycles. The second kappa shape index (κ2) is 7.58. The zero-order valence-corrected chi connectivity index (χ0v) is 12.4. The van der Waals surface area contributed by atoms with Crippen LogP contribution in [0.25, 0.3) is 0 Å². The van der Waals surface area contributed by atoms with Gasteiger partial charge in [0, 0.05) is 13.1 Å². The highest BCUT2D eigenvalue weighted by molar-refractivity contribution is 5.01. The fourth-order valence-corrected chi connectivity index (χ4v) is 2.44. The molecule has 8 nitrogen and oxygen atoms in total. The number of hydrogen-bond donors (Lipinski definition) is 4. The van der Waals surface area contributed by atoms with E-state index in [1.54, 1.807) is 0 Å². The number of aryl methyl sites for hydroxylation is 2. The van der Waals surface area contributed by atoms with E-state index < -0.39 is 0 Å². The van der Waals surface area contributed by atoms with E-state index in [4.69, 9.17) is 10.2 Å². The molecule has 0 unspecified atom stereocenters. The Morgan fingerprint density at radius 1 is 0.727 bits per heavy atom. The molecule has 22 heavy (non-hydrogen) atoms. The van der Waals surface area contributed by atoms with Crippen LogP contribution in [0.2, 0.25) is 0 Å². The first-order valence-electron chi connectivity index (χ1n) is 7.53. The second-order valence-corrected chi connectivity index (χ2v) is 5.40. The quantitative estimate of drug-likeness (QED) is 0.519. The fourth-order valence-electron chi connectivity index (χ4n) is 2.44. The molecule has 0 saturated carbocycles. The number of nitrogens with zero attached hydrogens (tertiary/aromatic N) is 2. The minimum Gasteiger partial charge on any atom is -0.493 e. The van der Waals surface area contributed by atoms with Gasteiger partial charge in [0.25, 0.3) is 0 Å². The molecule has 0 fully saturated rings. The minimum atomic E-state index is -0.280. The van der Waals surface area contributed by atoms with Gasteiger partial charge in [-0.1, -0.05) is 25.7 Å². The van der Waals surface area contributed by atoms with Crippen molar-refractivity contribution in [2.75, 3.05) is 0 Å². The Kier molecular flexibility index (Phi) is 5.51. The highest BCUT2D eigenvalue weighted by atomic mass is 16.3. The molecule has 4 N–H and O–H groups in total. The molecule has 0 saturated heterocycles. The first-order valence-corrected chi connectivity index (χ1v) is 7.53. The lowest BCUT2D eigenvalue weighted by molar-refractivity contribution is 0.453. The van der Waals surface area contributed by atoms with Crippen molar-refractivity contribution in [2.45, 2.75) is 51.6 Å². The van der Waals surface area contributed by atoms with Crippen LogP contribution in [0.1, 0.15) is 38.5 Å². The maximum atomic E-state index is 11.3. The summed E-state index contributed by atoms with van der Waals surface area (Å²) in [4.78, 5) is 27.2. The van der Waals surface area contributed by atoms with Crippen LogP contribution in [-0.2, 0) is 13.1 Å². The maximum Gasteiger partial charge on any atom is 0.328 e. The zero-order valence-electron chi connectivity index (χ0n) is 12.4. The average Bonchev–Trinajstić information content (AvgIpc) is 2.94. The molecule has 0 atom stereocenters. The number of aromatic amines is 2. The van der Waals surface area contributed by atoms with Gasteiger partial charge in [0.15, 0.2) is 0 Å². The number of H-pyrrole nitrogens is 2. The number of aromatic nitrogens is 4. The van der Waals surface area contributed by atoms with E-state index in [1.807, 2.05) is 0 Å². The Bertz CT molecular complexity index is 634. The van der Waals surface area contributed by atoms with Crippen molar-refractivity contribution in [3.8, 4) is 11.8 Å². The van der Waals surface area contributed by atoms with Gasteiger partial charge in [0.05, 0.1) is 12.4 Å². The number of rotatable bonds is 9. The molecule has 8 heteroatoms. The van der Waals surface area contributed by atoms with Gasteiger partial charge in [0.2, 0.25) is 11.8 Å².